The van der Waals surface area contributed by atoms with Crippen molar-refractivity contribution in [3.8, 4) is 5.75 Å². The Kier molecular flexibility index (Phi) is 6.58. The SMILES string of the molecule is COc1ccc(N2CCN(CC(=O)N[C@H](C)c3ccccc3Cl)CC2)cc1. The highest BCUT2D eigenvalue weighted by Crippen LogP contribution is 2.22. The van der Waals surface area contributed by atoms with E-state index < -0.39 is 0 Å². The normalized spacial score (nSPS) is 16.0. The summed E-state index contributed by atoms with van der Waals surface area (Å²) in [6.07, 6.45) is 0. The number of rotatable bonds is 6. The van der Waals surface area contributed by atoms with E-state index in [4.69, 9.17) is 16.3 Å². The van der Waals surface area contributed by atoms with Crippen LogP contribution in [0.5, 0.6) is 5.75 Å². The molecule has 1 aliphatic heterocycles. The number of hydrogen-bond acceptors (Lipinski definition) is 4. The topological polar surface area (TPSA) is 44.8 Å². The van der Waals surface area contributed by atoms with Gasteiger partial charge in [0.25, 0.3) is 0 Å². The van der Waals surface area contributed by atoms with E-state index in [1.807, 2.05) is 43.3 Å². The average Bonchev–Trinajstić information content (AvgIpc) is 2.69. The Balaban J connectivity index is 1.47. The molecular weight excluding hydrogens is 362 g/mol. The van der Waals surface area contributed by atoms with E-state index in [1.165, 1.54) is 5.69 Å². The molecule has 0 spiro atoms. The van der Waals surface area contributed by atoms with E-state index >= 15 is 0 Å². The maximum Gasteiger partial charge on any atom is 0.234 e. The lowest BCUT2D eigenvalue weighted by Gasteiger charge is -2.36. The Hall–Kier alpha value is -2.24. The summed E-state index contributed by atoms with van der Waals surface area (Å²) < 4.78 is 5.21. The Morgan fingerprint density at radius 1 is 1.11 bits per heavy atom. The van der Waals surface area contributed by atoms with Crippen molar-refractivity contribution in [2.24, 2.45) is 0 Å². The number of hydrogen-bond donors (Lipinski definition) is 1. The predicted molar refractivity (Wildman–Crippen MR) is 110 cm³/mol. The summed E-state index contributed by atoms with van der Waals surface area (Å²) in [5.41, 5.74) is 2.13. The molecule has 0 radical (unpaired) electrons. The number of nitrogens with one attached hydrogen (secondary N) is 1. The number of halogens is 1. The maximum absolute atomic E-state index is 12.4. The van der Waals surface area contributed by atoms with Gasteiger partial charge >= 0.3 is 0 Å². The van der Waals surface area contributed by atoms with Crippen LogP contribution in [0.3, 0.4) is 0 Å². The molecule has 3 rings (SSSR count). The Morgan fingerprint density at radius 2 is 1.78 bits per heavy atom. The highest BCUT2D eigenvalue weighted by Gasteiger charge is 2.20. The molecule has 0 saturated carbocycles. The zero-order valence-electron chi connectivity index (χ0n) is 15.8. The first-order valence-corrected chi connectivity index (χ1v) is 9.60. The Morgan fingerprint density at radius 3 is 2.41 bits per heavy atom. The molecule has 1 atom stereocenters. The molecule has 1 aliphatic rings. The molecule has 0 aliphatic carbocycles. The van der Waals surface area contributed by atoms with Crippen LogP contribution in [-0.4, -0.2) is 50.6 Å². The van der Waals surface area contributed by atoms with Gasteiger partial charge in [0.15, 0.2) is 0 Å². The molecule has 2 aromatic rings. The predicted octanol–water partition coefficient (Wildman–Crippen LogP) is 3.35. The highest BCUT2D eigenvalue weighted by molar-refractivity contribution is 6.31. The fourth-order valence-corrected chi connectivity index (χ4v) is 3.65. The van der Waals surface area contributed by atoms with Crippen LogP contribution in [0.2, 0.25) is 5.02 Å². The smallest absolute Gasteiger partial charge is 0.234 e. The Labute approximate surface area is 165 Å². The van der Waals surface area contributed by atoms with Crippen LogP contribution in [0.25, 0.3) is 0 Å². The number of nitrogens with zero attached hydrogens (tertiary/aromatic N) is 2. The van der Waals surface area contributed by atoms with E-state index in [0.29, 0.717) is 11.6 Å². The number of anilines is 1. The molecule has 1 heterocycles. The van der Waals surface area contributed by atoms with E-state index in [0.717, 1.165) is 37.5 Å². The van der Waals surface area contributed by atoms with Crippen LogP contribution < -0.4 is 15.0 Å². The first-order chi connectivity index (χ1) is 13.1. The summed E-state index contributed by atoms with van der Waals surface area (Å²) >= 11 is 6.21. The van der Waals surface area contributed by atoms with E-state index in [9.17, 15) is 4.79 Å². The second kappa shape index (κ2) is 9.11. The molecule has 0 aromatic heterocycles. The molecule has 27 heavy (non-hydrogen) atoms. The third kappa shape index (κ3) is 5.15. The van der Waals surface area contributed by atoms with Crippen molar-refractivity contribution in [3.63, 3.8) is 0 Å². The zero-order chi connectivity index (χ0) is 19.2. The second-order valence-corrected chi connectivity index (χ2v) is 7.18. The minimum Gasteiger partial charge on any atom is -0.497 e. The molecule has 6 heteroatoms. The molecule has 1 N–H and O–H groups in total. The number of ether oxygens (including phenoxy) is 1. The number of amides is 1. The van der Waals surface area contributed by atoms with Gasteiger partial charge in [0.2, 0.25) is 5.91 Å². The third-order valence-corrected chi connectivity index (χ3v) is 5.27. The van der Waals surface area contributed by atoms with Crippen LogP contribution in [0.4, 0.5) is 5.69 Å². The number of methoxy groups -OCH3 is 1. The van der Waals surface area contributed by atoms with Crippen molar-refractivity contribution in [2.45, 2.75) is 13.0 Å². The number of carbonyl (C=O) groups excluding carboxylic acids is 1. The lowest BCUT2D eigenvalue weighted by Crippen LogP contribution is -2.49. The summed E-state index contributed by atoms with van der Waals surface area (Å²) in [6, 6.07) is 15.6. The van der Waals surface area contributed by atoms with Crippen molar-refractivity contribution in [1.29, 1.82) is 0 Å². The van der Waals surface area contributed by atoms with Gasteiger partial charge in [-0.1, -0.05) is 29.8 Å². The third-order valence-electron chi connectivity index (χ3n) is 4.93. The zero-order valence-corrected chi connectivity index (χ0v) is 16.6. The summed E-state index contributed by atoms with van der Waals surface area (Å²) in [5, 5.41) is 3.73. The summed E-state index contributed by atoms with van der Waals surface area (Å²) in [5.74, 6) is 0.891. The molecule has 0 unspecified atom stereocenters. The molecule has 144 valence electrons. The fourth-order valence-electron chi connectivity index (χ4n) is 3.35. The van der Waals surface area contributed by atoms with Gasteiger partial charge < -0.3 is 15.0 Å². The van der Waals surface area contributed by atoms with Crippen molar-refractivity contribution in [3.05, 3.63) is 59.1 Å². The number of carbonyl (C=O) groups is 1. The first-order valence-electron chi connectivity index (χ1n) is 9.22. The van der Waals surface area contributed by atoms with Crippen molar-refractivity contribution >= 4 is 23.2 Å². The maximum atomic E-state index is 12.4. The van der Waals surface area contributed by atoms with Crippen LogP contribution in [0, 0.1) is 0 Å². The van der Waals surface area contributed by atoms with Gasteiger partial charge in [0.1, 0.15) is 5.75 Å². The standard InChI is InChI=1S/C21H26ClN3O2/c1-16(19-5-3-4-6-20(19)22)23-21(26)15-24-11-13-25(14-12-24)17-7-9-18(27-2)10-8-17/h3-10,16H,11-15H2,1-2H3,(H,23,26)/t16-/m1/s1. The van der Waals surface area contributed by atoms with Gasteiger partial charge in [-0.15, -0.1) is 0 Å². The first kappa shape index (κ1) is 19.5. The van der Waals surface area contributed by atoms with Crippen LogP contribution in [0.15, 0.2) is 48.5 Å². The van der Waals surface area contributed by atoms with Gasteiger partial charge in [-0.3, -0.25) is 9.69 Å². The molecule has 2 aromatic carbocycles. The van der Waals surface area contributed by atoms with E-state index in [2.05, 4.69) is 27.2 Å². The van der Waals surface area contributed by atoms with Gasteiger partial charge in [-0.05, 0) is 42.8 Å². The minimum atomic E-state index is -0.105. The van der Waals surface area contributed by atoms with Gasteiger partial charge in [0, 0.05) is 36.9 Å². The fraction of sp³-hybridized carbons (Fsp3) is 0.381. The minimum absolute atomic E-state index is 0.0281. The van der Waals surface area contributed by atoms with Crippen molar-refractivity contribution in [2.75, 3.05) is 44.7 Å². The molecule has 0 bridgehead atoms. The van der Waals surface area contributed by atoms with Crippen LogP contribution >= 0.6 is 11.6 Å². The van der Waals surface area contributed by atoms with E-state index in [-0.39, 0.29) is 11.9 Å². The van der Waals surface area contributed by atoms with Gasteiger partial charge in [-0.2, -0.15) is 0 Å². The number of benzene rings is 2. The Bertz CT molecular complexity index is 758. The number of piperazine rings is 1. The molecular formula is C21H26ClN3O2. The largest absolute Gasteiger partial charge is 0.497 e. The van der Waals surface area contributed by atoms with Crippen LogP contribution in [-0.2, 0) is 4.79 Å². The van der Waals surface area contributed by atoms with Gasteiger partial charge in [-0.25, -0.2) is 0 Å². The summed E-state index contributed by atoms with van der Waals surface area (Å²) in [4.78, 5) is 16.9. The quantitative estimate of drug-likeness (QED) is 0.825. The monoisotopic (exact) mass is 387 g/mol. The summed E-state index contributed by atoms with van der Waals surface area (Å²) in [6.45, 7) is 5.89. The lowest BCUT2D eigenvalue weighted by molar-refractivity contribution is -0.123. The van der Waals surface area contributed by atoms with E-state index in [1.54, 1.807) is 7.11 Å². The van der Waals surface area contributed by atoms with Gasteiger partial charge in [0.05, 0.1) is 19.7 Å². The van der Waals surface area contributed by atoms with Crippen molar-refractivity contribution < 1.29 is 9.53 Å². The lowest BCUT2D eigenvalue weighted by atomic mass is 10.1. The average molecular weight is 388 g/mol. The molecule has 1 amide bonds. The molecule has 1 saturated heterocycles. The van der Waals surface area contributed by atoms with Crippen LogP contribution in [0.1, 0.15) is 18.5 Å². The molecule has 5 nitrogen and oxygen atoms in total. The second-order valence-electron chi connectivity index (χ2n) is 6.77. The van der Waals surface area contributed by atoms with Crippen molar-refractivity contribution in [1.82, 2.24) is 10.2 Å². The summed E-state index contributed by atoms with van der Waals surface area (Å²) in [7, 11) is 1.67. The molecule has 1 fully saturated rings. The highest BCUT2D eigenvalue weighted by atomic mass is 35.5.